The standard InChI is InChI=1S/C24H21N3O7/c1-2-3-8-19-21(26-22(29)17-6-4-5-7-18(17)23(26)30)24(31)25(19)13-20(28)34-14-15-9-11-16(12-10-15)27(32)33/h2,4-7,9-12,19,21H,1,3,8,13-14H2/t19-,21+/m1/s1. The predicted molar refractivity (Wildman–Crippen MR) is 119 cm³/mol. The third-order valence-electron chi connectivity index (χ3n) is 5.92. The van der Waals surface area contributed by atoms with Crippen molar-refractivity contribution in [2.24, 2.45) is 0 Å². The average molecular weight is 463 g/mol. The number of nitro groups is 1. The van der Waals surface area contributed by atoms with E-state index in [2.05, 4.69) is 6.58 Å². The van der Waals surface area contributed by atoms with Gasteiger partial charge in [0.25, 0.3) is 17.5 Å². The molecule has 34 heavy (non-hydrogen) atoms. The second-order valence-corrected chi connectivity index (χ2v) is 7.95. The first-order chi connectivity index (χ1) is 16.3. The number of carbonyl (C=O) groups excluding carboxylic acids is 4. The molecule has 2 aromatic rings. The van der Waals surface area contributed by atoms with Gasteiger partial charge in [-0.25, -0.2) is 0 Å². The average Bonchev–Trinajstić information content (AvgIpc) is 3.09. The second-order valence-electron chi connectivity index (χ2n) is 7.95. The number of hydrogen-bond donors (Lipinski definition) is 0. The number of likely N-dealkylation sites (tertiary alicyclic amines) is 1. The van der Waals surface area contributed by atoms with E-state index in [1.54, 1.807) is 30.3 Å². The quantitative estimate of drug-likeness (QED) is 0.140. The number of carbonyl (C=O) groups is 4. The highest BCUT2D eigenvalue weighted by Gasteiger charge is 2.56. The number of imide groups is 1. The summed E-state index contributed by atoms with van der Waals surface area (Å²) in [4.78, 5) is 63.5. The summed E-state index contributed by atoms with van der Waals surface area (Å²) >= 11 is 0. The molecule has 2 aliphatic heterocycles. The Morgan fingerprint density at radius 2 is 1.68 bits per heavy atom. The van der Waals surface area contributed by atoms with Gasteiger partial charge in [-0.2, -0.15) is 0 Å². The van der Waals surface area contributed by atoms with E-state index in [1.165, 1.54) is 29.2 Å². The number of ether oxygens (including phenoxy) is 1. The molecule has 2 atom stereocenters. The van der Waals surface area contributed by atoms with Gasteiger partial charge in [0.2, 0.25) is 5.91 Å². The van der Waals surface area contributed by atoms with Gasteiger partial charge in [0.15, 0.2) is 0 Å². The number of nitrogens with zero attached hydrogens (tertiary/aromatic N) is 3. The molecule has 174 valence electrons. The number of fused-ring (bicyclic) bond motifs is 1. The highest BCUT2D eigenvalue weighted by atomic mass is 16.6. The summed E-state index contributed by atoms with van der Waals surface area (Å²) < 4.78 is 5.22. The number of esters is 1. The summed E-state index contributed by atoms with van der Waals surface area (Å²) in [6.45, 7) is 3.22. The minimum absolute atomic E-state index is 0.0782. The lowest BCUT2D eigenvalue weighted by Crippen LogP contribution is -2.72. The number of rotatable bonds is 9. The Morgan fingerprint density at radius 1 is 1.06 bits per heavy atom. The van der Waals surface area contributed by atoms with E-state index in [-0.39, 0.29) is 30.0 Å². The van der Waals surface area contributed by atoms with Gasteiger partial charge < -0.3 is 9.64 Å². The fourth-order valence-electron chi connectivity index (χ4n) is 4.19. The molecule has 2 aromatic carbocycles. The number of amides is 3. The number of allylic oxidation sites excluding steroid dienone is 1. The van der Waals surface area contributed by atoms with Crippen molar-refractivity contribution in [3.8, 4) is 0 Å². The fraction of sp³-hybridized carbons (Fsp3) is 0.250. The molecule has 0 N–H and O–H groups in total. The molecule has 1 fully saturated rings. The SMILES string of the molecule is C=CCC[C@@H]1[C@H](N2C(=O)c3ccccc3C2=O)C(=O)N1CC(=O)OCc1ccc([N+](=O)[O-])cc1. The van der Waals surface area contributed by atoms with Crippen molar-refractivity contribution in [3.63, 3.8) is 0 Å². The van der Waals surface area contributed by atoms with E-state index in [9.17, 15) is 29.3 Å². The summed E-state index contributed by atoms with van der Waals surface area (Å²) in [6, 6.07) is 10.4. The number of nitro benzene ring substituents is 1. The molecule has 4 rings (SSSR count). The zero-order valence-corrected chi connectivity index (χ0v) is 18.1. The zero-order valence-electron chi connectivity index (χ0n) is 18.1. The van der Waals surface area contributed by atoms with Gasteiger partial charge in [0.05, 0.1) is 22.1 Å². The lowest BCUT2D eigenvalue weighted by molar-refractivity contribution is -0.384. The molecule has 2 heterocycles. The van der Waals surface area contributed by atoms with Crippen LogP contribution in [0.3, 0.4) is 0 Å². The van der Waals surface area contributed by atoms with E-state index in [0.29, 0.717) is 18.4 Å². The van der Waals surface area contributed by atoms with Crippen LogP contribution in [0.4, 0.5) is 5.69 Å². The van der Waals surface area contributed by atoms with Gasteiger partial charge in [-0.1, -0.05) is 18.2 Å². The Morgan fingerprint density at radius 3 is 2.24 bits per heavy atom. The number of non-ortho nitro benzene ring substituents is 1. The molecule has 0 saturated carbocycles. The summed E-state index contributed by atoms with van der Waals surface area (Å²) in [6.07, 6.45) is 2.60. The fourth-order valence-corrected chi connectivity index (χ4v) is 4.19. The second kappa shape index (κ2) is 9.26. The summed E-state index contributed by atoms with van der Waals surface area (Å²) in [5.41, 5.74) is 0.985. The Bertz CT molecular complexity index is 1160. The molecule has 0 unspecified atom stereocenters. The number of benzene rings is 2. The van der Waals surface area contributed by atoms with Gasteiger partial charge in [0.1, 0.15) is 19.2 Å². The largest absolute Gasteiger partial charge is 0.459 e. The van der Waals surface area contributed by atoms with E-state index in [4.69, 9.17) is 4.74 Å². The molecule has 10 nitrogen and oxygen atoms in total. The third-order valence-corrected chi connectivity index (χ3v) is 5.92. The monoisotopic (exact) mass is 463 g/mol. The molecule has 0 aromatic heterocycles. The molecule has 2 aliphatic rings. The van der Waals surface area contributed by atoms with Crippen LogP contribution < -0.4 is 0 Å². The first-order valence-electron chi connectivity index (χ1n) is 10.6. The minimum Gasteiger partial charge on any atom is -0.459 e. The third kappa shape index (κ3) is 4.05. The van der Waals surface area contributed by atoms with Gasteiger partial charge in [-0.15, -0.1) is 6.58 Å². The number of hydrogen-bond acceptors (Lipinski definition) is 7. The predicted octanol–water partition coefficient (Wildman–Crippen LogP) is 2.48. The lowest BCUT2D eigenvalue weighted by Gasteiger charge is -2.49. The van der Waals surface area contributed by atoms with Crippen molar-refractivity contribution in [1.82, 2.24) is 9.80 Å². The first-order valence-corrected chi connectivity index (χ1v) is 10.6. The maximum atomic E-state index is 13.0. The molecular formula is C24H21N3O7. The number of β-lactam (4-membered cyclic amide) rings is 1. The molecule has 1 saturated heterocycles. The van der Waals surface area contributed by atoms with Crippen LogP contribution in [-0.4, -0.2) is 57.0 Å². The van der Waals surface area contributed by atoms with Crippen LogP contribution in [0.5, 0.6) is 0 Å². The Hall–Kier alpha value is -4.34. The Labute approximate surface area is 194 Å². The van der Waals surface area contributed by atoms with Crippen molar-refractivity contribution >= 4 is 29.4 Å². The first kappa shape index (κ1) is 22.8. The van der Waals surface area contributed by atoms with Crippen molar-refractivity contribution < 1.29 is 28.8 Å². The van der Waals surface area contributed by atoms with Crippen LogP contribution in [-0.2, 0) is 20.9 Å². The van der Waals surface area contributed by atoms with Gasteiger partial charge >= 0.3 is 5.97 Å². The maximum absolute atomic E-state index is 13.0. The smallest absolute Gasteiger partial charge is 0.325 e. The van der Waals surface area contributed by atoms with Crippen LogP contribution in [0.15, 0.2) is 61.2 Å². The highest BCUT2D eigenvalue weighted by Crippen LogP contribution is 2.34. The van der Waals surface area contributed by atoms with Crippen LogP contribution in [0.25, 0.3) is 0 Å². The van der Waals surface area contributed by atoms with E-state index >= 15 is 0 Å². The van der Waals surface area contributed by atoms with Crippen LogP contribution >= 0.6 is 0 Å². The molecule has 0 spiro atoms. The normalized spacial score (nSPS) is 19.0. The summed E-state index contributed by atoms with van der Waals surface area (Å²) in [7, 11) is 0. The van der Waals surface area contributed by atoms with Crippen LogP contribution in [0, 0.1) is 10.1 Å². The minimum atomic E-state index is -0.991. The lowest BCUT2D eigenvalue weighted by atomic mass is 9.89. The topological polar surface area (TPSA) is 127 Å². The molecule has 0 aliphatic carbocycles. The van der Waals surface area contributed by atoms with Crippen LogP contribution in [0.1, 0.15) is 39.1 Å². The molecular weight excluding hydrogens is 442 g/mol. The van der Waals surface area contributed by atoms with Gasteiger partial charge in [0, 0.05) is 12.1 Å². The maximum Gasteiger partial charge on any atom is 0.325 e. The van der Waals surface area contributed by atoms with E-state index < -0.39 is 40.7 Å². The molecule has 10 heteroatoms. The summed E-state index contributed by atoms with van der Waals surface area (Å²) in [5.74, 6) is -2.22. The Balaban J connectivity index is 1.42. The molecule has 0 bridgehead atoms. The molecule has 0 radical (unpaired) electrons. The van der Waals surface area contributed by atoms with Gasteiger partial charge in [-0.05, 0) is 42.7 Å². The van der Waals surface area contributed by atoms with Crippen LogP contribution in [0.2, 0.25) is 0 Å². The summed E-state index contributed by atoms with van der Waals surface area (Å²) in [5, 5.41) is 10.7. The van der Waals surface area contributed by atoms with Crippen molar-refractivity contribution in [2.45, 2.75) is 31.5 Å². The van der Waals surface area contributed by atoms with Gasteiger partial charge in [-0.3, -0.25) is 34.2 Å². The Kier molecular flexibility index (Phi) is 6.22. The van der Waals surface area contributed by atoms with Crippen molar-refractivity contribution in [2.75, 3.05) is 6.54 Å². The van der Waals surface area contributed by atoms with E-state index in [1.807, 2.05) is 0 Å². The van der Waals surface area contributed by atoms with E-state index in [0.717, 1.165) is 4.90 Å². The van der Waals surface area contributed by atoms with Crippen molar-refractivity contribution in [3.05, 3.63) is 88.0 Å². The van der Waals surface area contributed by atoms with Crippen molar-refractivity contribution in [1.29, 1.82) is 0 Å². The molecule has 3 amide bonds. The zero-order chi connectivity index (χ0) is 24.4. The highest BCUT2D eigenvalue weighted by molar-refractivity contribution is 6.23.